The molecule has 0 fully saturated rings. The summed E-state index contributed by atoms with van der Waals surface area (Å²) in [5, 5.41) is 5.89. The number of ether oxygens (including phenoxy) is 1. The topological polar surface area (TPSA) is 83.2 Å². The van der Waals surface area contributed by atoms with Crippen LogP contribution < -0.4 is 20.9 Å². The molecule has 112 valence electrons. The third-order valence-electron chi connectivity index (χ3n) is 3.28. The summed E-state index contributed by atoms with van der Waals surface area (Å²) in [6.07, 6.45) is 0. The summed E-state index contributed by atoms with van der Waals surface area (Å²) >= 11 is 0. The predicted molar refractivity (Wildman–Crippen MR) is 83.5 cm³/mol. The van der Waals surface area contributed by atoms with Crippen LogP contribution in [0, 0.1) is 0 Å². The van der Waals surface area contributed by atoms with Crippen molar-refractivity contribution in [2.45, 2.75) is 6.54 Å². The lowest BCUT2D eigenvalue weighted by Crippen LogP contribution is -2.25. The highest BCUT2D eigenvalue weighted by molar-refractivity contribution is 5.95. The van der Waals surface area contributed by atoms with E-state index in [0.29, 0.717) is 29.4 Å². The van der Waals surface area contributed by atoms with Gasteiger partial charge in [0.1, 0.15) is 5.75 Å². The Morgan fingerprint density at radius 1 is 1.27 bits per heavy atom. The lowest BCUT2D eigenvalue weighted by molar-refractivity contribution is -0.118. The number of pyridine rings is 1. The Balaban J connectivity index is 1.68. The minimum atomic E-state index is -0.168. The second-order valence-electron chi connectivity index (χ2n) is 4.93. The van der Waals surface area contributed by atoms with E-state index in [2.05, 4.69) is 22.2 Å². The van der Waals surface area contributed by atoms with Crippen molar-refractivity contribution in [2.75, 3.05) is 11.9 Å². The number of nitrogens with one attached hydrogen (secondary N) is 3. The van der Waals surface area contributed by atoms with E-state index in [-0.39, 0.29) is 18.1 Å². The van der Waals surface area contributed by atoms with E-state index in [1.807, 2.05) is 12.1 Å². The maximum absolute atomic E-state index is 11.3. The molecule has 0 bridgehead atoms. The lowest BCUT2D eigenvalue weighted by atomic mass is 10.1. The molecule has 1 aliphatic rings. The van der Waals surface area contributed by atoms with Crippen LogP contribution in [-0.2, 0) is 11.3 Å². The maximum Gasteiger partial charge on any atom is 0.262 e. The van der Waals surface area contributed by atoms with Gasteiger partial charge in [-0.2, -0.15) is 0 Å². The molecule has 0 saturated heterocycles. The number of aromatic amines is 1. The largest absolute Gasteiger partial charge is 0.482 e. The van der Waals surface area contributed by atoms with Crippen molar-refractivity contribution in [3.8, 4) is 5.75 Å². The van der Waals surface area contributed by atoms with Crippen LogP contribution in [0.2, 0.25) is 0 Å². The molecule has 3 N–H and O–H groups in total. The first kappa shape index (κ1) is 13.9. The number of aromatic nitrogens is 1. The maximum atomic E-state index is 11.3. The van der Waals surface area contributed by atoms with E-state index in [0.717, 1.165) is 5.56 Å². The van der Waals surface area contributed by atoms with E-state index in [9.17, 15) is 9.59 Å². The zero-order chi connectivity index (χ0) is 15.5. The molecule has 1 aromatic carbocycles. The Morgan fingerprint density at radius 2 is 2.14 bits per heavy atom. The van der Waals surface area contributed by atoms with Crippen LogP contribution >= 0.6 is 0 Å². The van der Waals surface area contributed by atoms with E-state index in [4.69, 9.17) is 4.74 Å². The van der Waals surface area contributed by atoms with Gasteiger partial charge in [0, 0.05) is 12.6 Å². The number of benzene rings is 1. The highest BCUT2D eigenvalue weighted by Gasteiger charge is 2.15. The van der Waals surface area contributed by atoms with E-state index >= 15 is 0 Å². The molecule has 2 heterocycles. The highest BCUT2D eigenvalue weighted by atomic mass is 16.5. The number of carbonyl (C=O) groups excluding carboxylic acids is 1. The third kappa shape index (κ3) is 3.01. The highest BCUT2D eigenvalue weighted by Crippen LogP contribution is 2.28. The van der Waals surface area contributed by atoms with Crippen molar-refractivity contribution in [1.82, 2.24) is 10.3 Å². The van der Waals surface area contributed by atoms with E-state index in [1.54, 1.807) is 18.2 Å². The van der Waals surface area contributed by atoms with Crippen LogP contribution in [-0.4, -0.2) is 17.5 Å². The average molecular weight is 297 g/mol. The Bertz CT molecular complexity index is 795. The van der Waals surface area contributed by atoms with Gasteiger partial charge in [-0.05, 0) is 23.8 Å². The molecule has 3 rings (SSSR count). The third-order valence-corrected chi connectivity index (χ3v) is 3.28. The van der Waals surface area contributed by atoms with Gasteiger partial charge in [-0.15, -0.1) is 0 Å². The smallest absolute Gasteiger partial charge is 0.262 e. The summed E-state index contributed by atoms with van der Waals surface area (Å²) < 4.78 is 5.37. The van der Waals surface area contributed by atoms with Gasteiger partial charge in [0.15, 0.2) is 6.61 Å². The minimum absolute atomic E-state index is 0.0296. The molecule has 6 nitrogen and oxygen atoms in total. The van der Waals surface area contributed by atoms with Gasteiger partial charge >= 0.3 is 0 Å². The molecule has 0 atom stereocenters. The summed E-state index contributed by atoms with van der Waals surface area (Å²) in [4.78, 5) is 25.2. The zero-order valence-corrected chi connectivity index (χ0v) is 11.8. The fourth-order valence-corrected chi connectivity index (χ4v) is 2.16. The minimum Gasteiger partial charge on any atom is -0.482 e. The molecule has 0 aliphatic carbocycles. The van der Waals surface area contributed by atoms with Gasteiger partial charge in [0.05, 0.1) is 17.1 Å². The standard InChI is InChI=1S/C16H15N3O3/c1-10(12-3-2-4-15(20)18-12)17-8-11-5-6-13-14(7-11)22-9-16(21)19-13/h2-7,17H,1,8-9H2,(H,18,20)(H,19,21). The number of fused-ring (bicyclic) bond motifs is 1. The number of anilines is 1. The summed E-state index contributed by atoms with van der Waals surface area (Å²) in [5.74, 6) is 0.498. The second-order valence-corrected chi connectivity index (χ2v) is 4.93. The SMILES string of the molecule is C=C(NCc1ccc2c(c1)OCC(=O)N2)c1cccc(=O)[nH]1. The van der Waals surface area contributed by atoms with Gasteiger partial charge in [-0.1, -0.05) is 18.7 Å². The van der Waals surface area contributed by atoms with Crippen molar-refractivity contribution < 1.29 is 9.53 Å². The first-order valence-corrected chi connectivity index (χ1v) is 6.80. The second kappa shape index (κ2) is 5.77. The number of hydrogen-bond acceptors (Lipinski definition) is 4. The average Bonchev–Trinajstić information content (AvgIpc) is 2.52. The van der Waals surface area contributed by atoms with Crippen molar-refractivity contribution in [3.63, 3.8) is 0 Å². The number of hydrogen-bond donors (Lipinski definition) is 3. The molecular weight excluding hydrogens is 282 g/mol. The number of rotatable bonds is 4. The number of amides is 1. The first-order valence-electron chi connectivity index (χ1n) is 6.80. The zero-order valence-electron chi connectivity index (χ0n) is 11.8. The predicted octanol–water partition coefficient (Wildman–Crippen LogP) is 1.47. The first-order chi connectivity index (χ1) is 10.6. The molecule has 6 heteroatoms. The Morgan fingerprint density at radius 3 is 2.95 bits per heavy atom. The molecule has 0 unspecified atom stereocenters. The van der Waals surface area contributed by atoms with Crippen LogP contribution in [0.15, 0.2) is 47.8 Å². The summed E-state index contributed by atoms with van der Waals surface area (Å²) in [6, 6.07) is 10.5. The number of carbonyl (C=O) groups is 1. The van der Waals surface area contributed by atoms with Gasteiger partial charge < -0.3 is 20.4 Å². The lowest BCUT2D eigenvalue weighted by Gasteiger charge is -2.19. The molecule has 0 saturated carbocycles. The molecule has 1 aliphatic heterocycles. The van der Waals surface area contributed by atoms with Crippen LogP contribution in [0.5, 0.6) is 5.75 Å². The van der Waals surface area contributed by atoms with Gasteiger partial charge in [-0.25, -0.2) is 0 Å². The monoisotopic (exact) mass is 297 g/mol. The molecule has 1 amide bonds. The fourth-order valence-electron chi connectivity index (χ4n) is 2.16. The van der Waals surface area contributed by atoms with Crippen molar-refractivity contribution >= 4 is 17.3 Å². The molecule has 2 aromatic rings. The van der Waals surface area contributed by atoms with Crippen LogP contribution in [0.25, 0.3) is 5.70 Å². The molecule has 0 spiro atoms. The van der Waals surface area contributed by atoms with Crippen molar-refractivity contribution in [1.29, 1.82) is 0 Å². The van der Waals surface area contributed by atoms with Crippen molar-refractivity contribution in [3.05, 3.63) is 64.6 Å². The van der Waals surface area contributed by atoms with E-state index < -0.39 is 0 Å². The summed E-state index contributed by atoms with van der Waals surface area (Å²) in [5.41, 5.74) is 2.76. The molecular formula is C16H15N3O3. The number of H-pyrrole nitrogens is 1. The Hall–Kier alpha value is -3.02. The van der Waals surface area contributed by atoms with Gasteiger partial charge in [-0.3, -0.25) is 9.59 Å². The van der Waals surface area contributed by atoms with Crippen LogP contribution in [0.4, 0.5) is 5.69 Å². The molecule has 1 aromatic heterocycles. The van der Waals surface area contributed by atoms with Crippen molar-refractivity contribution in [2.24, 2.45) is 0 Å². The Labute approximate surface area is 126 Å². The summed E-state index contributed by atoms with van der Waals surface area (Å²) in [7, 11) is 0. The van der Waals surface area contributed by atoms with Crippen LogP contribution in [0.3, 0.4) is 0 Å². The van der Waals surface area contributed by atoms with Gasteiger partial charge in [0.25, 0.3) is 5.91 Å². The Kier molecular flexibility index (Phi) is 3.65. The molecule has 0 radical (unpaired) electrons. The summed E-state index contributed by atoms with van der Waals surface area (Å²) in [6.45, 7) is 4.47. The molecule has 22 heavy (non-hydrogen) atoms. The van der Waals surface area contributed by atoms with Gasteiger partial charge in [0.2, 0.25) is 5.56 Å². The van der Waals surface area contributed by atoms with Crippen LogP contribution in [0.1, 0.15) is 11.3 Å². The van der Waals surface area contributed by atoms with E-state index in [1.165, 1.54) is 6.07 Å². The fraction of sp³-hybridized carbons (Fsp3) is 0.125. The quantitative estimate of drug-likeness (QED) is 0.798. The normalized spacial score (nSPS) is 12.8.